The zero-order chi connectivity index (χ0) is 19.2. The summed E-state index contributed by atoms with van der Waals surface area (Å²) in [6.45, 7) is 8.86. The Morgan fingerprint density at radius 3 is 2.81 bits per heavy atom. The third-order valence-corrected chi connectivity index (χ3v) is 4.68. The van der Waals surface area contributed by atoms with Gasteiger partial charge in [-0.3, -0.25) is 9.78 Å². The zero-order valence-corrected chi connectivity index (χ0v) is 16.1. The van der Waals surface area contributed by atoms with Gasteiger partial charge in [0.25, 0.3) is 5.56 Å². The average molecular weight is 364 g/mol. The van der Waals surface area contributed by atoms with E-state index in [4.69, 9.17) is 0 Å². The Labute approximate surface area is 156 Å². The maximum atomic E-state index is 12.3. The van der Waals surface area contributed by atoms with Gasteiger partial charge in [0.15, 0.2) is 5.65 Å². The maximum absolute atomic E-state index is 12.3. The highest BCUT2D eigenvalue weighted by Gasteiger charge is 2.19. The molecule has 0 fully saturated rings. The Bertz CT molecular complexity index is 1170. The van der Waals surface area contributed by atoms with Gasteiger partial charge in [-0.25, -0.2) is 4.68 Å². The molecule has 0 aliphatic rings. The molecule has 3 heterocycles. The van der Waals surface area contributed by atoms with Crippen molar-refractivity contribution >= 4 is 27.9 Å². The number of anilines is 1. The van der Waals surface area contributed by atoms with Crippen LogP contribution in [0.3, 0.4) is 0 Å². The van der Waals surface area contributed by atoms with Crippen LogP contribution in [0.1, 0.15) is 31.9 Å². The van der Waals surface area contributed by atoms with Gasteiger partial charge in [-0.1, -0.05) is 12.1 Å². The Hall–Kier alpha value is -3.09. The number of hydrogen-bond donors (Lipinski definition) is 3. The highest BCUT2D eigenvalue weighted by molar-refractivity contribution is 5.83. The number of hydrogen-bond acceptors (Lipinski definition) is 4. The molecule has 0 saturated heterocycles. The number of H-pyrrole nitrogens is 2. The van der Waals surface area contributed by atoms with Crippen LogP contribution in [0.2, 0.25) is 0 Å². The number of nitrogens with one attached hydrogen (secondary N) is 3. The molecule has 7 nitrogen and oxygen atoms in total. The fourth-order valence-corrected chi connectivity index (χ4v) is 3.32. The van der Waals surface area contributed by atoms with E-state index in [1.165, 1.54) is 16.5 Å². The summed E-state index contributed by atoms with van der Waals surface area (Å²) in [7, 11) is 0. The van der Waals surface area contributed by atoms with E-state index in [0.29, 0.717) is 23.5 Å². The molecule has 0 unspecified atom stereocenters. The van der Waals surface area contributed by atoms with Crippen molar-refractivity contribution in [2.45, 2.75) is 39.7 Å². The van der Waals surface area contributed by atoms with Gasteiger partial charge < -0.3 is 10.3 Å². The Balaban J connectivity index is 1.56. The molecule has 0 bridgehead atoms. The van der Waals surface area contributed by atoms with E-state index >= 15 is 0 Å². The average Bonchev–Trinajstić information content (AvgIpc) is 3.19. The smallest absolute Gasteiger partial charge is 0.263 e. The Morgan fingerprint density at radius 1 is 1.22 bits per heavy atom. The number of aromatic amines is 2. The molecule has 4 rings (SSSR count). The van der Waals surface area contributed by atoms with Crippen LogP contribution >= 0.6 is 0 Å². The summed E-state index contributed by atoms with van der Waals surface area (Å²) < 4.78 is 1.78. The van der Waals surface area contributed by atoms with Gasteiger partial charge in [-0.2, -0.15) is 10.1 Å². The predicted molar refractivity (Wildman–Crippen MR) is 108 cm³/mol. The second-order valence-corrected chi connectivity index (χ2v) is 7.92. The molecule has 0 saturated carbocycles. The van der Waals surface area contributed by atoms with Gasteiger partial charge in [-0.15, -0.1) is 0 Å². The van der Waals surface area contributed by atoms with Gasteiger partial charge in [-0.05, 0) is 51.3 Å². The van der Waals surface area contributed by atoms with E-state index in [2.05, 4.69) is 50.5 Å². The van der Waals surface area contributed by atoms with Gasteiger partial charge in [0.1, 0.15) is 5.39 Å². The molecule has 0 atom stereocenters. The molecule has 0 aliphatic heterocycles. The number of nitrogens with zero attached hydrogens (tertiary/aromatic N) is 3. The van der Waals surface area contributed by atoms with Crippen molar-refractivity contribution in [1.29, 1.82) is 0 Å². The minimum absolute atomic E-state index is 0.180. The second-order valence-electron chi connectivity index (χ2n) is 7.92. The van der Waals surface area contributed by atoms with Crippen molar-refractivity contribution in [3.63, 3.8) is 0 Å². The minimum Gasteiger partial charge on any atom is -0.361 e. The summed E-state index contributed by atoms with van der Waals surface area (Å²) in [6.07, 6.45) is 4.44. The van der Waals surface area contributed by atoms with Crippen LogP contribution in [0.25, 0.3) is 21.9 Å². The van der Waals surface area contributed by atoms with Crippen LogP contribution in [0, 0.1) is 6.92 Å². The second kappa shape index (κ2) is 6.26. The number of aromatic nitrogens is 5. The monoisotopic (exact) mass is 364 g/mol. The lowest BCUT2D eigenvalue weighted by molar-refractivity contribution is 0.366. The number of rotatable bonds is 4. The quantitative estimate of drug-likeness (QED) is 0.518. The van der Waals surface area contributed by atoms with Gasteiger partial charge in [0.05, 0.1) is 11.7 Å². The predicted octanol–water partition coefficient (Wildman–Crippen LogP) is 3.32. The van der Waals surface area contributed by atoms with E-state index in [0.717, 1.165) is 11.9 Å². The lowest BCUT2D eigenvalue weighted by atomic mass is 10.1. The van der Waals surface area contributed by atoms with E-state index in [1.807, 2.05) is 27.0 Å². The molecule has 3 aromatic heterocycles. The molecular formula is C20H24N6O. The SMILES string of the molecule is Cc1ccc2c(CCNc3nc4c(cnn4C(C)(C)C)c(=O)[nH]3)c[nH]c2c1. The first-order valence-corrected chi connectivity index (χ1v) is 9.12. The van der Waals surface area contributed by atoms with Gasteiger partial charge >= 0.3 is 0 Å². The van der Waals surface area contributed by atoms with E-state index in [9.17, 15) is 4.79 Å². The van der Waals surface area contributed by atoms with E-state index in [-0.39, 0.29) is 11.1 Å². The lowest BCUT2D eigenvalue weighted by Crippen LogP contribution is -2.24. The first-order valence-electron chi connectivity index (χ1n) is 9.12. The normalized spacial score (nSPS) is 12.1. The van der Waals surface area contributed by atoms with E-state index < -0.39 is 0 Å². The van der Waals surface area contributed by atoms with Crippen LogP contribution in [0.4, 0.5) is 5.95 Å². The zero-order valence-electron chi connectivity index (χ0n) is 16.1. The van der Waals surface area contributed by atoms with Crippen LogP contribution in [-0.2, 0) is 12.0 Å². The number of benzene rings is 1. The lowest BCUT2D eigenvalue weighted by Gasteiger charge is -2.19. The van der Waals surface area contributed by atoms with Gasteiger partial charge in [0.2, 0.25) is 5.95 Å². The van der Waals surface area contributed by atoms with Crippen molar-refractivity contribution in [3.8, 4) is 0 Å². The van der Waals surface area contributed by atoms with Crippen molar-refractivity contribution in [2.75, 3.05) is 11.9 Å². The highest BCUT2D eigenvalue weighted by Crippen LogP contribution is 2.21. The van der Waals surface area contributed by atoms with Crippen LogP contribution < -0.4 is 10.9 Å². The summed E-state index contributed by atoms with van der Waals surface area (Å²) >= 11 is 0. The third kappa shape index (κ3) is 3.20. The fourth-order valence-electron chi connectivity index (χ4n) is 3.32. The molecule has 0 spiro atoms. The Kier molecular flexibility index (Phi) is 4.02. The van der Waals surface area contributed by atoms with Crippen molar-refractivity contribution in [2.24, 2.45) is 0 Å². The first-order chi connectivity index (χ1) is 12.8. The standard InChI is InChI=1S/C20H24N6O/c1-12-5-6-14-13(10-22-16(14)9-12)7-8-21-19-24-17-15(18(27)25-19)11-23-26(17)20(2,3)4/h5-6,9-11,22H,7-8H2,1-4H3,(H2,21,24,25,27). The molecule has 4 aromatic rings. The minimum atomic E-state index is -0.248. The number of fused-ring (bicyclic) bond motifs is 2. The van der Waals surface area contributed by atoms with Gasteiger partial charge in [0, 0.05) is 23.6 Å². The molecular weight excluding hydrogens is 340 g/mol. The molecule has 0 amide bonds. The summed E-state index contributed by atoms with van der Waals surface area (Å²) in [6, 6.07) is 6.41. The van der Waals surface area contributed by atoms with Crippen LogP contribution in [-0.4, -0.2) is 31.3 Å². The molecule has 27 heavy (non-hydrogen) atoms. The first kappa shape index (κ1) is 17.3. The molecule has 1 aromatic carbocycles. The summed E-state index contributed by atoms with van der Waals surface area (Å²) in [5, 5.41) is 9.30. The number of aryl methyl sites for hydroxylation is 1. The van der Waals surface area contributed by atoms with Crippen LogP contribution in [0.5, 0.6) is 0 Å². The largest absolute Gasteiger partial charge is 0.361 e. The molecule has 140 valence electrons. The van der Waals surface area contributed by atoms with Crippen LogP contribution in [0.15, 0.2) is 35.4 Å². The molecule has 7 heteroatoms. The topological polar surface area (TPSA) is 91.4 Å². The summed E-state index contributed by atoms with van der Waals surface area (Å²) in [5.74, 6) is 0.467. The Morgan fingerprint density at radius 2 is 2.04 bits per heavy atom. The summed E-state index contributed by atoms with van der Waals surface area (Å²) in [4.78, 5) is 23.0. The van der Waals surface area contributed by atoms with Crippen molar-refractivity contribution in [1.82, 2.24) is 24.7 Å². The fraction of sp³-hybridized carbons (Fsp3) is 0.350. The third-order valence-electron chi connectivity index (χ3n) is 4.68. The molecule has 0 aliphatic carbocycles. The molecule has 0 radical (unpaired) electrons. The van der Waals surface area contributed by atoms with Crippen molar-refractivity contribution in [3.05, 3.63) is 52.1 Å². The van der Waals surface area contributed by atoms with Crippen molar-refractivity contribution < 1.29 is 0 Å². The highest BCUT2D eigenvalue weighted by atomic mass is 16.1. The summed E-state index contributed by atoms with van der Waals surface area (Å²) in [5.41, 5.74) is 3.78. The van der Waals surface area contributed by atoms with E-state index in [1.54, 1.807) is 10.9 Å². The maximum Gasteiger partial charge on any atom is 0.263 e. The molecule has 3 N–H and O–H groups in total.